The van der Waals surface area contributed by atoms with E-state index < -0.39 is 5.91 Å². The number of hydrogen-bond donors (Lipinski definition) is 2. The van der Waals surface area contributed by atoms with Gasteiger partial charge in [0.25, 0.3) is 11.8 Å². The molecule has 6 nitrogen and oxygen atoms in total. The van der Waals surface area contributed by atoms with Gasteiger partial charge in [0.15, 0.2) is 5.69 Å². The number of hydrogen-bond acceptors (Lipinski definition) is 4. The number of pyridine rings is 1. The number of rotatable bonds is 3. The van der Waals surface area contributed by atoms with Gasteiger partial charge in [0.1, 0.15) is 0 Å². The fourth-order valence-corrected chi connectivity index (χ4v) is 1.79. The highest BCUT2D eigenvalue weighted by molar-refractivity contribution is 6.06. The average molecular weight is 284 g/mol. The van der Waals surface area contributed by atoms with Crippen LogP contribution in [0.3, 0.4) is 0 Å². The molecular formula is C15H16N4O2. The maximum atomic E-state index is 12.1. The maximum absolute atomic E-state index is 12.1. The van der Waals surface area contributed by atoms with Crippen molar-refractivity contribution in [1.29, 1.82) is 0 Å². The van der Waals surface area contributed by atoms with Crippen LogP contribution in [-0.2, 0) is 0 Å². The molecule has 0 saturated heterocycles. The second kappa shape index (κ2) is 6.04. The number of carbonyl (C=O) groups is 2. The Labute approximate surface area is 122 Å². The molecule has 1 aromatic heterocycles. The molecule has 2 amide bonds. The molecule has 21 heavy (non-hydrogen) atoms. The van der Waals surface area contributed by atoms with E-state index in [2.05, 4.69) is 10.3 Å². The zero-order valence-corrected chi connectivity index (χ0v) is 11.8. The molecule has 3 N–H and O–H groups in total. The van der Waals surface area contributed by atoms with Crippen molar-refractivity contribution in [1.82, 2.24) is 9.88 Å². The molecular weight excluding hydrogens is 268 g/mol. The first-order valence-corrected chi connectivity index (χ1v) is 6.32. The van der Waals surface area contributed by atoms with Crippen LogP contribution in [0.25, 0.3) is 0 Å². The standard InChI is InChI=1S/C15H16N4O2/c1-19(2)15(21)10-5-3-6-11(9-10)18-14(20)13-12(16)7-4-8-17-13/h3-9H,16H2,1-2H3,(H,18,20). The summed E-state index contributed by atoms with van der Waals surface area (Å²) in [6.07, 6.45) is 1.50. The lowest BCUT2D eigenvalue weighted by molar-refractivity contribution is 0.0827. The summed E-state index contributed by atoms with van der Waals surface area (Å²) < 4.78 is 0. The Bertz CT molecular complexity index is 683. The first-order valence-electron chi connectivity index (χ1n) is 6.32. The molecule has 0 aliphatic carbocycles. The summed E-state index contributed by atoms with van der Waals surface area (Å²) in [5, 5.41) is 2.68. The average Bonchev–Trinajstić information content (AvgIpc) is 2.47. The number of carbonyl (C=O) groups excluding carboxylic acids is 2. The lowest BCUT2D eigenvalue weighted by Crippen LogP contribution is -2.22. The third-order valence-electron chi connectivity index (χ3n) is 2.83. The number of amides is 2. The summed E-state index contributed by atoms with van der Waals surface area (Å²) in [6, 6.07) is 9.96. The van der Waals surface area contributed by atoms with E-state index in [0.29, 0.717) is 16.9 Å². The SMILES string of the molecule is CN(C)C(=O)c1cccc(NC(=O)c2ncccc2N)c1. The minimum Gasteiger partial charge on any atom is -0.397 e. The van der Waals surface area contributed by atoms with E-state index in [1.54, 1.807) is 50.5 Å². The highest BCUT2D eigenvalue weighted by atomic mass is 16.2. The second-order valence-corrected chi connectivity index (χ2v) is 4.68. The molecule has 0 atom stereocenters. The van der Waals surface area contributed by atoms with E-state index in [-0.39, 0.29) is 11.6 Å². The Morgan fingerprint density at radius 2 is 1.95 bits per heavy atom. The predicted octanol–water partition coefficient (Wildman–Crippen LogP) is 1.62. The molecule has 2 aromatic rings. The third-order valence-corrected chi connectivity index (χ3v) is 2.83. The summed E-state index contributed by atoms with van der Waals surface area (Å²) in [5.41, 5.74) is 7.17. The number of benzene rings is 1. The van der Waals surface area contributed by atoms with Gasteiger partial charge in [-0.05, 0) is 30.3 Å². The normalized spacial score (nSPS) is 10.0. The van der Waals surface area contributed by atoms with E-state index in [1.165, 1.54) is 11.1 Å². The molecule has 0 spiro atoms. The van der Waals surface area contributed by atoms with Crippen molar-refractivity contribution in [2.24, 2.45) is 0 Å². The summed E-state index contributed by atoms with van der Waals surface area (Å²) in [5.74, 6) is -0.550. The van der Waals surface area contributed by atoms with E-state index in [9.17, 15) is 9.59 Å². The van der Waals surface area contributed by atoms with Crippen molar-refractivity contribution < 1.29 is 9.59 Å². The van der Waals surface area contributed by atoms with Crippen LogP contribution in [0.15, 0.2) is 42.6 Å². The Hall–Kier alpha value is -2.89. The van der Waals surface area contributed by atoms with Crippen LogP contribution in [0.2, 0.25) is 0 Å². The fraction of sp³-hybridized carbons (Fsp3) is 0.133. The largest absolute Gasteiger partial charge is 0.397 e. The summed E-state index contributed by atoms with van der Waals surface area (Å²) in [4.78, 5) is 29.4. The second-order valence-electron chi connectivity index (χ2n) is 4.68. The Morgan fingerprint density at radius 3 is 2.62 bits per heavy atom. The van der Waals surface area contributed by atoms with Crippen LogP contribution < -0.4 is 11.1 Å². The number of aromatic nitrogens is 1. The van der Waals surface area contributed by atoms with Crippen molar-refractivity contribution in [2.75, 3.05) is 25.1 Å². The molecule has 0 fully saturated rings. The minimum absolute atomic E-state index is 0.136. The van der Waals surface area contributed by atoms with Crippen LogP contribution in [0, 0.1) is 0 Å². The molecule has 1 aromatic carbocycles. The highest BCUT2D eigenvalue weighted by Crippen LogP contribution is 2.15. The van der Waals surface area contributed by atoms with Gasteiger partial charge < -0.3 is 16.0 Å². The Balaban J connectivity index is 2.21. The zero-order chi connectivity index (χ0) is 15.4. The molecule has 2 rings (SSSR count). The predicted molar refractivity (Wildman–Crippen MR) is 81.1 cm³/mol. The molecule has 6 heteroatoms. The number of nitrogens with one attached hydrogen (secondary N) is 1. The summed E-state index contributed by atoms with van der Waals surface area (Å²) in [6.45, 7) is 0. The number of anilines is 2. The molecule has 0 aliphatic heterocycles. The first kappa shape index (κ1) is 14.5. The van der Waals surface area contributed by atoms with E-state index in [1.807, 2.05) is 0 Å². The van der Waals surface area contributed by atoms with Gasteiger partial charge in [0, 0.05) is 31.5 Å². The smallest absolute Gasteiger partial charge is 0.276 e. The van der Waals surface area contributed by atoms with Crippen LogP contribution >= 0.6 is 0 Å². The van der Waals surface area contributed by atoms with Gasteiger partial charge in [0.05, 0.1) is 5.69 Å². The number of nitrogens with two attached hydrogens (primary N) is 1. The summed E-state index contributed by atoms with van der Waals surface area (Å²) in [7, 11) is 3.34. The van der Waals surface area contributed by atoms with E-state index >= 15 is 0 Å². The third kappa shape index (κ3) is 3.36. The molecule has 0 radical (unpaired) electrons. The minimum atomic E-state index is -0.414. The van der Waals surface area contributed by atoms with E-state index in [0.717, 1.165) is 0 Å². The van der Waals surface area contributed by atoms with Gasteiger partial charge >= 0.3 is 0 Å². The van der Waals surface area contributed by atoms with Gasteiger partial charge in [-0.3, -0.25) is 9.59 Å². The molecule has 108 valence electrons. The van der Waals surface area contributed by atoms with Crippen LogP contribution in [0.4, 0.5) is 11.4 Å². The number of nitrogen functional groups attached to an aromatic ring is 1. The molecule has 0 aliphatic rings. The summed E-state index contributed by atoms with van der Waals surface area (Å²) >= 11 is 0. The van der Waals surface area contributed by atoms with Gasteiger partial charge in [-0.1, -0.05) is 6.07 Å². The molecule has 0 saturated carbocycles. The molecule has 1 heterocycles. The zero-order valence-electron chi connectivity index (χ0n) is 11.8. The molecule has 0 bridgehead atoms. The Morgan fingerprint density at radius 1 is 1.19 bits per heavy atom. The van der Waals surface area contributed by atoms with Crippen molar-refractivity contribution >= 4 is 23.2 Å². The van der Waals surface area contributed by atoms with Crippen molar-refractivity contribution in [3.63, 3.8) is 0 Å². The van der Waals surface area contributed by atoms with E-state index in [4.69, 9.17) is 5.73 Å². The highest BCUT2D eigenvalue weighted by Gasteiger charge is 2.13. The Kier molecular flexibility index (Phi) is 4.18. The van der Waals surface area contributed by atoms with Crippen LogP contribution in [0.1, 0.15) is 20.8 Å². The lowest BCUT2D eigenvalue weighted by atomic mass is 10.1. The van der Waals surface area contributed by atoms with Gasteiger partial charge in [-0.15, -0.1) is 0 Å². The molecule has 0 unspecified atom stereocenters. The first-order chi connectivity index (χ1) is 9.99. The van der Waals surface area contributed by atoms with Crippen molar-refractivity contribution in [3.05, 3.63) is 53.9 Å². The monoisotopic (exact) mass is 284 g/mol. The van der Waals surface area contributed by atoms with Gasteiger partial charge in [-0.2, -0.15) is 0 Å². The van der Waals surface area contributed by atoms with Gasteiger partial charge in [-0.25, -0.2) is 4.98 Å². The maximum Gasteiger partial charge on any atom is 0.276 e. The van der Waals surface area contributed by atoms with Crippen molar-refractivity contribution in [2.45, 2.75) is 0 Å². The van der Waals surface area contributed by atoms with Crippen molar-refractivity contribution in [3.8, 4) is 0 Å². The fourth-order valence-electron chi connectivity index (χ4n) is 1.79. The van der Waals surface area contributed by atoms with Crippen LogP contribution in [-0.4, -0.2) is 35.8 Å². The lowest BCUT2D eigenvalue weighted by Gasteiger charge is -2.12. The quantitative estimate of drug-likeness (QED) is 0.896. The van der Waals surface area contributed by atoms with Crippen LogP contribution in [0.5, 0.6) is 0 Å². The number of nitrogens with zero attached hydrogens (tertiary/aromatic N) is 2. The van der Waals surface area contributed by atoms with Gasteiger partial charge in [0.2, 0.25) is 0 Å². The topological polar surface area (TPSA) is 88.3 Å².